The fourth-order valence-electron chi connectivity index (χ4n) is 4.70. The van der Waals surface area contributed by atoms with Crippen LogP contribution >= 0.6 is 0 Å². The van der Waals surface area contributed by atoms with Gasteiger partial charge in [-0.2, -0.15) is 18.2 Å². The predicted molar refractivity (Wildman–Crippen MR) is 134 cm³/mol. The number of ether oxygens (including phenoxy) is 3. The molecule has 3 aliphatic rings. The number of alkyl halides is 3. The minimum Gasteiger partial charge on any atom is -0.475 e. The zero-order valence-electron chi connectivity index (χ0n) is 22.1. The van der Waals surface area contributed by atoms with Gasteiger partial charge in [-0.1, -0.05) is 0 Å². The number of halogens is 3. The van der Waals surface area contributed by atoms with Crippen LogP contribution in [0.4, 0.5) is 35.4 Å². The average molecular weight is 567 g/mol. The lowest BCUT2D eigenvalue weighted by Crippen LogP contribution is -2.56. The van der Waals surface area contributed by atoms with Gasteiger partial charge in [0.2, 0.25) is 17.7 Å². The standard InChI is InChI=1S/C24H29F3N8O5/c1-13(24(25,26)27)30-20(36)18-29-9-16-19(32-18)35(14-5-4-8-34(16)10-14)22(37)33-21-28-7-6-17(31-21)38-11-15-12-39-23(2,3)40-15/h6-7,9,13-15H,4-5,8,10-12H2,1-3H3,(H,30,36)(H,28,31,33,37)/t13-,14?,15-/m1/s1. The van der Waals surface area contributed by atoms with Gasteiger partial charge in [-0.25, -0.2) is 19.7 Å². The first-order valence-electron chi connectivity index (χ1n) is 12.8. The molecule has 13 nitrogen and oxygen atoms in total. The van der Waals surface area contributed by atoms with E-state index in [1.807, 2.05) is 10.2 Å². The number of nitrogens with one attached hydrogen (secondary N) is 2. The Morgan fingerprint density at radius 1 is 1.27 bits per heavy atom. The van der Waals surface area contributed by atoms with Crippen molar-refractivity contribution in [2.24, 2.45) is 0 Å². The highest BCUT2D eigenvalue weighted by molar-refractivity contribution is 6.04. The van der Waals surface area contributed by atoms with Crippen LogP contribution in [0.15, 0.2) is 18.5 Å². The van der Waals surface area contributed by atoms with E-state index in [2.05, 4.69) is 25.3 Å². The number of amides is 3. The summed E-state index contributed by atoms with van der Waals surface area (Å²) < 4.78 is 55.8. The molecule has 2 aromatic heterocycles. The highest BCUT2D eigenvalue weighted by Crippen LogP contribution is 2.37. The summed E-state index contributed by atoms with van der Waals surface area (Å²) in [5.41, 5.74) is 0.492. The normalized spacial score (nSPS) is 22.4. The van der Waals surface area contributed by atoms with Crippen LogP contribution in [-0.2, 0) is 9.47 Å². The third kappa shape index (κ3) is 6.01. The van der Waals surface area contributed by atoms with E-state index in [0.29, 0.717) is 31.8 Å². The molecule has 2 N–H and O–H groups in total. The van der Waals surface area contributed by atoms with Crippen molar-refractivity contribution >= 4 is 29.4 Å². The molecule has 5 heterocycles. The van der Waals surface area contributed by atoms with E-state index in [4.69, 9.17) is 14.2 Å². The van der Waals surface area contributed by atoms with Gasteiger partial charge >= 0.3 is 12.2 Å². The Morgan fingerprint density at radius 3 is 2.80 bits per heavy atom. The van der Waals surface area contributed by atoms with Gasteiger partial charge < -0.3 is 24.4 Å². The number of urea groups is 1. The zero-order valence-corrected chi connectivity index (χ0v) is 22.1. The van der Waals surface area contributed by atoms with E-state index >= 15 is 0 Å². The van der Waals surface area contributed by atoms with Crippen LogP contribution in [0.25, 0.3) is 0 Å². The van der Waals surface area contributed by atoms with Gasteiger partial charge in [0, 0.05) is 25.4 Å². The fraction of sp³-hybridized carbons (Fsp3) is 0.583. The maximum atomic E-state index is 13.5. The molecule has 216 valence electrons. The van der Waals surface area contributed by atoms with Crippen LogP contribution < -0.4 is 25.2 Å². The largest absolute Gasteiger partial charge is 0.475 e. The summed E-state index contributed by atoms with van der Waals surface area (Å²) in [5, 5.41) is 4.49. The van der Waals surface area contributed by atoms with Gasteiger partial charge in [-0.05, 0) is 33.6 Å². The molecule has 3 atom stereocenters. The van der Waals surface area contributed by atoms with Crippen LogP contribution in [-0.4, -0.2) is 88.3 Å². The van der Waals surface area contributed by atoms with E-state index in [1.54, 1.807) is 13.8 Å². The van der Waals surface area contributed by atoms with Crippen molar-refractivity contribution in [2.45, 2.75) is 63.8 Å². The Labute approximate surface area is 227 Å². The second-order valence-electron chi connectivity index (χ2n) is 10.2. The summed E-state index contributed by atoms with van der Waals surface area (Å²) in [6.45, 7) is 6.17. The molecule has 2 saturated heterocycles. The number of anilines is 3. The van der Waals surface area contributed by atoms with Crippen molar-refractivity contribution in [1.29, 1.82) is 0 Å². The Morgan fingerprint density at radius 2 is 2.08 bits per heavy atom. The summed E-state index contributed by atoms with van der Waals surface area (Å²) in [4.78, 5) is 45.9. The van der Waals surface area contributed by atoms with Crippen molar-refractivity contribution < 1.29 is 37.0 Å². The second-order valence-corrected chi connectivity index (χ2v) is 10.2. The molecule has 3 amide bonds. The average Bonchev–Trinajstić information content (AvgIpc) is 3.25. The molecule has 0 saturated carbocycles. The molecule has 0 radical (unpaired) electrons. The molecule has 5 rings (SSSR count). The first-order chi connectivity index (χ1) is 18.9. The van der Waals surface area contributed by atoms with Crippen molar-refractivity contribution in [3.63, 3.8) is 0 Å². The van der Waals surface area contributed by atoms with E-state index in [1.165, 1.54) is 23.4 Å². The lowest BCUT2D eigenvalue weighted by atomic mass is 10.0. The van der Waals surface area contributed by atoms with Gasteiger partial charge in [0.15, 0.2) is 11.6 Å². The maximum absolute atomic E-state index is 13.5. The molecule has 0 spiro atoms. The fourth-order valence-corrected chi connectivity index (χ4v) is 4.70. The second kappa shape index (κ2) is 10.6. The van der Waals surface area contributed by atoms with Gasteiger partial charge in [0.05, 0.1) is 24.5 Å². The number of aromatic nitrogens is 4. The van der Waals surface area contributed by atoms with E-state index < -0.39 is 35.8 Å². The number of carbonyl (C=O) groups excluding carboxylic acids is 2. The zero-order chi connectivity index (χ0) is 28.7. The molecular formula is C24H29F3N8O5. The van der Waals surface area contributed by atoms with Gasteiger partial charge in [0.1, 0.15) is 18.8 Å². The maximum Gasteiger partial charge on any atom is 0.408 e. The summed E-state index contributed by atoms with van der Waals surface area (Å²) in [6, 6.07) is -1.49. The number of hydrogen-bond donors (Lipinski definition) is 2. The molecule has 16 heteroatoms. The lowest BCUT2D eigenvalue weighted by molar-refractivity contribution is -0.149. The Bertz CT molecular complexity index is 1280. The summed E-state index contributed by atoms with van der Waals surface area (Å²) in [7, 11) is 0. The predicted octanol–water partition coefficient (Wildman–Crippen LogP) is 2.50. The SMILES string of the molecule is C[C@@H](NC(=O)c1ncc2c(n1)N(C(=O)Nc1nccc(OC[C@@H]3COC(C)(C)O3)n1)C1CCCN2C1)C(F)(F)F. The van der Waals surface area contributed by atoms with Gasteiger partial charge in [-0.3, -0.25) is 15.0 Å². The highest BCUT2D eigenvalue weighted by Gasteiger charge is 2.41. The Hall–Kier alpha value is -3.79. The molecule has 2 aromatic rings. The van der Waals surface area contributed by atoms with E-state index in [-0.39, 0.29) is 36.4 Å². The first kappa shape index (κ1) is 27.8. The molecular weight excluding hydrogens is 537 g/mol. The summed E-state index contributed by atoms with van der Waals surface area (Å²) in [5.74, 6) is -1.99. The number of piperidine rings is 1. The van der Waals surface area contributed by atoms with Crippen molar-refractivity contribution in [3.05, 3.63) is 24.3 Å². The highest BCUT2D eigenvalue weighted by atomic mass is 19.4. The summed E-state index contributed by atoms with van der Waals surface area (Å²) >= 11 is 0. The minimum atomic E-state index is -4.63. The topological polar surface area (TPSA) is 144 Å². The number of nitrogens with zero attached hydrogens (tertiary/aromatic N) is 6. The third-order valence-electron chi connectivity index (χ3n) is 6.67. The van der Waals surface area contributed by atoms with Crippen molar-refractivity contribution in [2.75, 3.05) is 41.4 Å². The molecule has 3 aliphatic heterocycles. The van der Waals surface area contributed by atoms with Crippen molar-refractivity contribution in [1.82, 2.24) is 25.3 Å². The lowest BCUT2D eigenvalue weighted by Gasteiger charge is -2.45. The van der Waals surface area contributed by atoms with Crippen LogP contribution in [0.3, 0.4) is 0 Å². The number of fused-ring (bicyclic) bond motifs is 4. The van der Waals surface area contributed by atoms with Gasteiger partial charge in [-0.15, -0.1) is 0 Å². The quantitative estimate of drug-likeness (QED) is 0.535. The molecule has 2 fully saturated rings. The summed E-state index contributed by atoms with van der Waals surface area (Å²) in [6.07, 6.45) is -0.699. The molecule has 2 bridgehead atoms. The van der Waals surface area contributed by atoms with Crippen LogP contribution in [0.1, 0.15) is 44.2 Å². The minimum absolute atomic E-state index is 0.0303. The van der Waals surface area contributed by atoms with Gasteiger partial charge in [0.25, 0.3) is 5.91 Å². The van der Waals surface area contributed by atoms with E-state index in [0.717, 1.165) is 13.3 Å². The monoisotopic (exact) mass is 566 g/mol. The van der Waals surface area contributed by atoms with Crippen molar-refractivity contribution in [3.8, 4) is 5.88 Å². The number of rotatable bonds is 6. The number of carbonyl (C=O) groups is 2. The Kier molecular flexibility index (Phi) is 7.39. The smallest absolute Gasteiger partial charge is 0.408 e. The molecule has 0 aliphatic carbocycles. The van der Waals surface area contributed by atoms with Crippen LogP contribution in [0.2, 0.25) is 0 Å². The van der Waals surface area contributed by atoms with Crippen LogP contribution in [0.5, 0.6) is 5.88 Å². The number of hydrogen-bond acceptors (Lipinski definition) is 10. The first-order valence-corrected chi connectivity index (χ1v) is 12.8. The molecule has 1 unspecified atom stereocenters. The molecule has 0 aromatic carbocycles. The Balaban J connectivity index is 1.33. The van der Waals surface area contributed by atoms with E-state index in [9.17, 15) is 22.8 Å². The third-order valence-corrected chi connectivity index (χ3v) is 6.67. The molecule has 40 heavy (non-hydrogen) atoms. The van der Waals surface area contributed by atoms with Crippen LogP contribution in [0, 0.1) is 0 Å².